The second-order valence-corrected chi connectivity index (χ2v) is 5.44. The number of fused-ring (bicyclic) bond motifs is 1. The van der Waals surface area contributed by atoms with Crippen molar-refractivity contribution in [2.45, 2.75) is 58.0 Å². The third kappa shape index (κ3) is 2.21. The lowest BCUT2D eigenvalue weighted by Crippen LogP contribution is -2.39. The maximum atomic E-state index is 6.24. The number of likely N-dealkylation sites (tertiary alicyclic amines) is 1. The van der Waals surface area contributed by atoms with Gasteiger partial charge in [-0.2, -0.15) is 0 Å². The Kier molecular flexibility index (Phi) is 3.68. The minimum absolute atomic E-state index is 0.489. The van der Waals surface area contributed by atoms with E-state index in [2.05, 4.69) is 18.7 Å². The zero-order valence-corrected chi connectivity index (χ0v) is 10.3. The Hall–Kier alpha value is -0.0800. The Morgan fingerprint density at radius 2 is 1.93 bits per heavy atom. The summed E-state index contributed by atoms with van der Waals surface area (Å²) in [5.74, 6) is 1.72. The molecule has 3 unspecified atom stereocenters. The van der Waals surface area contributed by atoms with Crippen molar-refractivity contribution < 1.29 is 0 Å². The van der Waals surface area contributed by atoms with E-state index < -0.39 is 0 Å². The van der Waals surface area contributed by atoms with Gasteiger partial charge in [0.1, 0.15) is 0 Å². The summed E-state index contributed by atoms with van der Waals surface area (Å²) in [5, 5.41) is 0. The van der Waals surface area contributed by atoms with Gasteiger partial charge in [-0.1, -0.05) is 20.3 Å². The number of nitrogens with two attached hydrogens (primary N) is 1. The van der Waals surface area contributed by atoms with Gasteiger partial charge in [0.15, 0.2) is 0 Å². The van der Waals surface area contributed by atoms with Gasteiger partial charge < -0.3 is 5.73 Å². The highest BCUT2D eigenvalue weighted by atomic mass is 15.2. The van der Waals surface area contributed by atoms with Crippen molar-refractivity contribution >= 4 is 0 Å². The highest BCUT2D eigenvalue weighted by Gasteiger charge is 2.39. The molecular formula is C13H26N2. The zero-order valence-electron chi connectivity index (χ0n) is 10.3. The summed E-state index contributed by atoms with van der Waals surface area (Å²) in [6.07, 6.45) is 6.64. The molecule has 0 aromatic rings. The molecular weight excluding hydrogens is 184 g/mol. The maximum absolute atomic E-state index is 6.24. The predicted molar refractivity (Wildman–Crippen MR) is 64.7 cm³/mol. The minimum atomic E-state index is 0.489. The molecule has 1 saturated carbocycles. The fourth-order valence-electron chi connectivity index (χ4n) is 3.65. The Bertz CT molecular complexity index is 201. The smallest absolute Gasteiger partial charge is 0.00902 e. The van der Waals surface area contributed by atoms with Crippen molar-refractivity contribution in [1.82, 2.24) is 4.90 Å². The molecule has 0 spiro atoms. The average Bonchev–Trinajstić information content (AvgIpc) is 2.65. The fraction of sp³-hybridized carbons (Fsp3) is 1.00. The molecule has 15 heavy (non-hydrogen) atoms. The molecule has 2 aliphatic rings. The van der Waals surface area contributed by atoms with Crippen LogP contribution < -0.4 is 5.73 Å². The van der Waals surface area contributed by atoms with E-state index in [-0.39, 0.29) is 0 Å². The SMILES string of the molecule is CCC(CC)N1CC2CCCC(N)C2C1. The number of rotatable bonds is 3. The van der Waals surface area contributed by atoms with Crippen LogP contribution in [0.2, 0.25) is 0 Å². The zero-order chi connectivity index (χ0) is 10.8. The van der Waals surface area contributed by atoms with E-state index in [1.807, 2.05) is 0 Å². The van der Waals surface area contributed by atoms with Crippen LogP contribution in [0, 0.1) is 11.8 Å². The van der Waals surface area contributed by atoms with E-state index in [4.69, 9.17) is 5.73 Å². The van der Waals surface area contributed by atoms with Crippen LogP contribution in [0.4, 0.5) is 0 Å². The number of nitrogens with zero attached hydrogens (tertiary/aromatic N) is 1. The second-order valence-electron chi connectivity index (χ2n) is 5.44. The van der Waals surface area contributed by atoms with E-state index in [0.717, 1.165) is 17.9 Å². The quantitative estimate of drug-likeness (QED) is 0.774. The van der Waals surface area contributed by atoms with Crippen LogP contribution in [-0.2, 0) is 0 Å². The van der Waals surface area contributed by atoms with Crippen LogP contribution >= 0.6 is 0 Å². The van der Waals surface area contributed by atoms with Crippen LogP contribution in [-0.4, -0.2) is 30.1 Å². The van der Waals surface area contributed by atoms with Crippen molar-refractivity contribution in [3.8, 4) is 0 Å². The Morgan fingerprint density at radius 1 is 1.20 bits per heavy atom. The van der Waals surface area contributed by atoms with Gasteiger partial charge in [0.2, 0.25) is 0 Å². The van der Waals surface area contributed by atoms with Gasteiger partial charge in [-0.15, -0.1) is 0 Å². The van der Waals surface area contributed by atoms with E-state index in [1.165, 1.54) is 45.2 Å². The molecule has 2 rings (SSSR count). The summed E-state index contributed by atoms with van der Waals surface area (Å²) in [4.78, 5) is 2.71. The third-order valence-electron chi connectivity index (χ3n) is 4.64. The molecule has 1 aliphatic heterocycles. The first-order valence-corrected chi connectivity index (χ1v) is 6.75. The normalized spacial score (nSPS) is 37.2. The molecule has 0 radical (unpaired) electrons. The molecule has 0 bridgehead atoms. The molecule has 3 atom stereocenters. The second kappa shape index (κ2) is 4.84. The number of hydrogen-bond acceptors (Lipinski definition) is 2. The Labute approximate surface area is 94.2 Å². The van der Waals surface area contributed by atoms with Crippen LogP contribution in [0.15, 0.2) is 0 Å². The van der Waals surface area contributed by atoms with Crippen molar-refractivity contribution in [3.05, 3.63) is 0 Å². The molecule has 2 nitrogen and oxygen atoms in total. The summed E-state index contributed by atoms with van der Waals surface area (Å²) in [7, 11) is 0. The average molecular weight is 210 g/mol. The van der Waals surface area contributed by atoms with Gasteiger partial charge in [-0.25, -0.2) is 0 Å². The van der Waals surface area contributed by atoms with Crippen molar-refractivity contribution in [2.75, 3.05) is 13.1 Å². The van der Waals surface area contributed by atoms with Gasteiger partial charge in [0.05, 0.1) is 0 Å². The Morgan fingerprint density at radius 3 is 2.53 bits per heavy atom. The fourth-order valence-corrected chi connectivity index (χ4v) is 3.65. The molecule has 0 aromatic heterocycles. The van der Waals surface area contributed by atoms with Crippen LogP contribution in [0.3, 0.4) is 0 Å². The third-order valence-corrected chi connectivity index (χ3v) is 4.64. The Balaban J connectivity index is 1.97. The predicted octanol–water partition coefficient (Wildman–Crippen LogP) is 2.23. The minimum Gasteiger partial charge on any atom is -0.327 e. The first-order chi connectivity index (χ1) is 7.26. The topological polar surface area (TPSA) is 29.3 Å². The first-order valence-electron chi connectivity index (χ1n) is 6.75. The molecule has 2 fully saturated rings. The summed E-state index contributed by atoms with van der Waals surface area (Å²) >= 11 is 0. The lowest BCUT2D eigenvalue weighted by Gasteiger charge is -2.30. The molecule has 88 valence electrons. The van der Waals surface area contributed by atoms with E-state index in [1.54, 1.807) is 0 Å². The van der Waals surface area contributed by atoms with Crippen molar-refractivity contribution in [2.24, 2.45) is 17.6 Å². The highest BCUT2D eigenvalue weighted by Crippen LogP contribution is 2.36. The molecule has 0 aromatic carbocycles. The van der Waals surface area contributed by atoms with Crippen LogP contribution in [0.25, 0.3) is 0 Å². The van der Waals surface area contributed by atoms with Gasteiger partial charge in [0.25, 0.3) is 0 Å². The van der Waals surface area contributed by atoms with Crippen molar-refractivity contribution in [1.29, 1.82) is 0 Å². The van der Waals surface area contributed by atoms with Gasteiger partial charge in [0, 0.05) is 25.2 Å². The summed E-state index contributed by atoms with van der Waals surface area (Å²) in [5.41, 5.74) is 6.24. The molecule has 2 heteroatoms. The van der Waals surface area contributed by atoms with Gasteiger partial charge in [-0.3, -0.25) is 4.90 Å². The summed E-state index contributed by atoms with van der Waals surface area (Å²) < 4.78 is 0. The lowest BCUT2D eigenvalue weighted by molar-refractivity contribution is 0.217. The maximum Gasteiger partial charge on any atom is 0.00902 e. The van der Waals surface area contributed by atoms with E-state index >= 15 is 0 Å². The van der Waals surface area contributed by atoms with E-state index in [9.17, 15) is 0 Å². The van der Waals surface area contributed by atoms with Gasteiger partial charge >= 0.3 is 0 Å². The van der Waals surface area contributed by atoms with Crippen LogP contribution in [0.5, 0.6) is 0 Å². The van der Waals surface area contributed by atoms with Crippen LogP contribution in [0.1, 0.15) is 46.0 Å². The molecule has 1 aliphatic carbocycles. The standard InChI is InChI=1S/C13H26N2/c1-3-11(4-2)15-8-10-6-5-7-13(14)12(10)9-15/h10-13H,3-9,14H2,1-2H3. The monoisotopic (exact) mass is 210 g/mol. The largest absolute Gasteiger partial charge is 0.327 e. The molecule has 1 saturated heterocycles. The first kappa shape index (κ1) is 11.4. The molecule has 2 N–H and O–H groups in total. The summed E-state index contributed by atoms with van der Waals surface area (Å²) in [6, 6.07) is 1.30. The van der Waals surface area contributed by atoms with Gasteiger partial charge in [-0.05, 0) is 37.5 Å². The number of hydrogen-bond donors (Lipinski definition) is 1. The lowest BCUT2D eigenvalue weighted by atomic mass is 9.78. The molecule has 1 heterocycles. The summed E-state index contributed by atoms with van der Waals surface area (Å²) in [6.45, 7) is 7.23. The van der Waals surface area contributed by atoms with E-state index in [0.29, 0.717) is 6.04 Å². The molecule has 0 amide bonds. The van der Waals surface area contributed by atoms with Crippen molar-refractivity contribution in [3.63, 3.8) is 0 Å². The highest BCUT2D eigenvalue weighted by molar-refractivity contribution is 4.94.